The third kappa shape index (κ3) is 3.72. The number of carbonyl (C=O) groups is 1. The van der Waals surface area contributed by atoms with Gasteiger partial charge in [0.2, 0.25) is 0 Å². The van der Waals surface area contributed by atoms with Gasteiger partial charge in [-0.25, -0.2) is 0 Å². The van der Waals surface area contributed by atoms with E-state index in [-0.39, 0.29) is 24.2 Å². The normalized spacial score (nSPS) is 16.3. The molecular weight excluding hydrogens is 311 g/mol. The molecular formula is C14H16F3N5O. The lowest BCUT2D eigenvalue weighted by Gasteiger charge is -2.13. The van der Waals surface area contributed by atoms with Gasteiger partial charge in [-0.3, -0.25) is 14.6 Å². The van der Waals surface area contributed by atoms with Gasteiger partial charge in [0.05, 0.1) is 6.54 Å². The first-order valence-corrected chi connectivity index (χ1v) is 7.30. The average molecular weight is 327 g/mol. The van der Waals surface area contributed by atoms with Crippen molar-refractivity contribution in [1.29, 1.82) is 0 Å². The van der Waals surface area contributed by atoms with E-state index < -0.39 is 11.9 Å². The van der Waals surface area contributed by atoms with Crippen LogP contribution in [0.5, 0.6) is 0 Å². The Kier molecular flexibility index (Phi) is 3.87. The van der Waals surface area contributed by atoms with Gasteiger partial charge in [0.15, 0.2) is 5.69 Å². The van der Waals surface area contributed by atoms with E-state index in [4.69, 9.17) is 0 Å². The Morgan fingerprint density at radius 1 is 1.52 bits per heavy atom. The van der Waals surface area contributed by atoms with E-state index in [9.17, 15) is 18.0 Å². The summed E-state index contributed by atoms with van der Waals surface area (Å²) in [5.74, 6) is 0.107. The Morgan fingerprint density at radius 2 is 2.26 bits per heavy atom. The molecule has 0 aliphatic heterocycles. The van der Waals surface area contributed by atoms with Crippen LogP contribution in [0.3, 0.4) is 0 Å². The molecule has 0 unspecified atom stereocenters. The molecule has 1 amide bonds. The van der Waals surface area contributed by atoms with Gasteiger partial charge >= 0.3 is 6.18 Å². The highest BCUT2D eigenvalue weighted by Gasteiger charge is 2.33. The highest BCUT2D eigenvalue weighted by Crippen LogP contribution is 2.38. The van der Waals surface area contributed by atoms with Crippen LogP contribution in [0.2, 0.25) is 0 Å². The Balaban J connectivity index is 1.56. The molecule has 9 heteroatoms. The number of alkyl halides is 3. The maximum Gasteiger partial charge on any atom is 0.435 e. The van der Waals surface area contributed by atoms with Crippen LogP contribution in [0.4, 0.5) is 13.2 Å². The summed E-state index contributed by atoms with van der Waals surface area (Å²) in [7, 11) is 0. The average Bonchev–Trinajstić information content (AvgIpc) is 3.00. The first-order chi connectivity index (χ1) is 10.8. The van der Waals surface area contributed by atoms with E-state index in [2.05, 4.69) is 20.6 Å². The lowest BCUT2D eigenvalue weighted by Crippen LogP contribution is -2.36. The zero-order valence-corrected chi connectivity index (χ0v) is 12.4. The molecule has 1 atom stereocenters. The summed E-state index contributed by atoms with van der Waals surface area (Å²) in [6.07, 6.45) is -1.03. The van der Waals surface area contributed by atoms with Crippen molar-refractivity contribution < 1.29 is 18.0 Å². The molecule has 0 radical (unpaired) electrons. The molecule has 2 heterocycles. The molecule has 0 saturated heterocycles. The molecule has 124 valence electrons. The van der Waals surface area contributed by atoms with E-state index in [1.165, 1.54) is 6.20 Å². The van der Waals surface area contributed by atoms with Crippen LogP contribution in [0.25, 0.3) is 0 Å². The van der Waals surface area contributed by atoms with E-state index >= 15 is 0 Å². The fourth-order valence-electron chi connectivity index (χ4n) is 2.29. The van der Waals surface area contributed by atoms with Gasteiger partial charge in [-0.05, 0) is 31.9 Å². The van der Waals surface area contributed by atoms with Gasteiger partial charge in [-0.15, -0.1) is 0 Å². The van der Waals surface area contributed by atoms with Crippen LogP contribution in [0.15, 0.2) is 18.3 Å². The molecule has 0 aromatic carbocycles. The SMILES string of the molecule is C[C@@H](Cn1ccc(C(F)(F)F)n1)NC(=O)c1cc(C2CC2)[nH]n1. The Hall–Kier alpha value is -2.32. The quantitative estimate of drug-likeness (QED) is 0.885. The lowest BCUT2D eigenvalue weighted by atomic mass is 10.2. The predicted molar refractivity (Wildman–Crippen MR) is 74.7 cm³/mol. The number of hydrogen-bond donors (Lipinski definition) is 2. The van der Waals surface area contributed by atoms with Crippen molar-refractivity contribution in [2.24, 2.45) is 0 Å². The molecule has 2 aromatic heterocycles. The van der Waals surface area contributed by atoms with Crippen molar-refractivity contribution in [3.8, 4) is 0 Å². The summed E-state index contributed by atoms with van der Waals surface area (Å²) in [5, 5.41) is 13.0. The van der Waals surface area contributed by atoms with Crippen molar-refractivity contribution in [1.82, 2.24) is 25.3 Å². The highest BCUT2D eigenvalue weighted by molar-refractivity contribution is 5.92. The summed E-state index contributed by atoms with van der Waals surface area (Å²) >= 11 is 0. The van der Waals surface area contributed by atoms with E-state index in [0.717, 1.165) is 29.3 Å². The van der Waals surface area contributed by atoms with Crippen molar-refractivity contribution in [2.45, 2.75) is 44.4 Å². The van der Waals surface area contributed by atoms with Crippen molar-refractivity contribution >= 4 is 5.91 Å². The monoisotopic (exact) mass is 327 g/mol. The van der Waals surface area contributed by atoms with E-state index in [1.54, 1.807) is 13.0 Å². The summed E-state index contributed by atoms with van der Waals surface area (Å²) < 4.78 is 38.6. The second kappa shape index (κ2) is 5.71. The maximum atomic E-state index is 12.5. The molecule has 2 aromatic rings. The third-order valence-corrected chi connectivity index (χ3v) is 3.62. The number of nitrogens with one attached hydrogen (secondary N) is 2. The van der Waals surface area contributed by atoms with Gasteiger partial charge in [-0.1, -0.05) is 0 Å². The molecule has 6 nitrogen and oxygen atoms in total. The molecule has 0 spiro atoms. The topological polar surface area (TPSA) is 75.6 Å². The largest absolute Gasteiger partial charge is 0.435 e. The van der Waals surface area contributed by atoms with Gasteiger partial charge in [0, 0.05) is 23.9 Å². The molecule has 1 aliphatic carbocycles. The van der Waals surface area contributed by atoms with Crippen LogP contribution in [-0.2, 0) is 12.7 Å². The molecule has 1 fully saturated rings. The van der Waals surface area contributed by atoms with Gasteiger partial charge < -0.3 is 5.32 Å². The number of nitrogens with zero attached hydrogens (tertiary/aromatic N) is 3. The van der Waals surface area contributed by atoms with Crippen LogP contribution in [0.1, 0.15) is 47.6 Å². The van der Waals surface area contributed by atoms with Crippen molar-refractivity contribution in [2.75, 3.05) is 0 Å². The molecule has 0 bridgehead atoms. The molecule has 2 N–H and O–H groups in total. The van der Waals surface area contributed by atoms with Crippen LogP contribution in [0, 0.1) is 0 Å². The molecule has 1 saturated carbocycles. The second-order valence-corrected chi connectivity index (χ2v) is 5.78. The molecule has 3 rings (SSSR count). The van der Waals surface area contributed by atoms with Crippen molar-refractivity contribution in [3.63, 3.8) is 0 Å². The van der Waals surface area contributed by atoms with Crippen LogP contribution in [-0.4, -0.2) is 31.9 Å². The molecule has 23 heavy (non-hydrogen) atoms. The number of halogens is 3. The van der Waals surface area contributed by atoms with Crippen LogP contribution >= 0.6 is 0 Å². The minimum atomic E-state index is -4.47. The smallest absolute Gasteiger partial charge is 0.346 e. The minimum absolute atomic E-state index is 0.141. The number of aromatic amines is 1. The summed E-state index contributed by atoms with van der Waals surface area (Å²) in [6, 6.07) is 2.24. The third-order valence-electron chi connectivity index (χ3n) is 3.62. The Bertz CT molecular complexity index is 701. The second-order valence-electron chi connectivity index (χ2n) is 5.78. The molecule has 1 aliphatic rings. The summed E-state index contributed by atoms with van der Waals surface area (Å²) in [4.78, 5) is 12.1. The summed E-state index contributed by atoms with van der Waals surface area (Å²) in [5.41, 5.74) is 0.289. The van der Waals surface area contributed by atoms with Gasteiger partial charge in [0.1, 0.15) is 5.69 Å². The summed E-state index contributed by atoms with van der Waals surface area (Å²) in [6.45, 7) is 1.84. The predicted octanol–water partition coefficient (Wildman–Crippen LogP) is 2.32. The van der Waals surface area contributed by atoms with Crippen molar-refractivity contribution in [3.05, 3.63) is 35.4 Å². The van der Waals surface area contributed by atoms with E-state index in [1.807, 2.05) is 0 Å². The number of rotatable bonds is 5. The zero-order valence-electron chi connectivity index (χ0n) is 12.4. The van der Waals surface area contributed by atoms with E-state index in [0.29, 0.717) is 5.92 Å². The number of hydrogen-bond acceptors (Lipinski definition) is 3. The fraction of sp³-hybridized carbons (Fsp3) is 0.500. The standard InChI is InChI=1S/C14H16F3N5O/c1-8(7-22-5-4-12(21-22)14(15,16)17)18-13(23)11-6-10(19-20-11)9-2-3-9/h4-6,8-9H,2-3,7H2,1H3,(H,18,23)(H,19,20)/t8-/m0/s1. The lowest BCUT2D eigenvalue weighted by molar-refractivity contribution is -0.141. The number of H-pyrrole nitrogens is 1. The zero-order chi connectivity index (χ0) is 16.6. The number of carbonyl (C=O) groups excluding carboxylic acids is 1. The Morgan fingerprint density at radius 3 is 2.87 bits per heavy atom. The first-order valence-electron chi connectivity index (χ1n) is 7.30. The van der Waals surface area contributed by atoms with Gasteiger partial charge in [-0.2, -0.15) is 23.4 Å². The fourth-order valence-corrected chi connectivity index (χ4v) is 2.29. The minimum Gasteiger partial charge on any atom is -0.346 e. The highest BCUT2D eigenvalue weighted by atomic mass is 19.4. The number of amides is 1. The first kappa shape index (κ1) is 15.6. The Labute approximate surface area is 130 Å². The maximum absolute atomic E-state index is 12.5. The van der Waals surface area contributed by atoms with Crippen LogP contribution < -0.4 is 5.32 Å². The van der Waals surface area contributed by atoms with Gasteiger partial charge in [0.25, 0.3) is 5.91 Å². The number of aromatic nitrogens is 4.